The molecule has 3 aromatic rings. The number of aromatic nitrogens is 3. The summed E-state index contributed by atoms with van der Waals surface area (Å²) in [4.78, 5) is 37.7. The van der Waals surface area contributed by atoms with E-state index < -0.39 is 11.4 Å². The van der Waals surface area contributed by atoms with Crippen LogP contribution in [0.15, 0.2) is 41.5 Å². The Kier molecular flexibility index (Phi) is 6.13. The SMILES string of the molecule is CCn1cc(C(=O)O)c(=O)c2cnc(N3CCN(C(=S)Cc4ccc(F)cc4)CC3)nc21. The fourth-order valence-electron chi connectivity index (χ4n) is 3.75. The molecule has 4 rings (SSSR count). The van der Waals surface area contributed by atoms with Gasteiger partial charge in [0.25, 0.3) is 0 Å². The first-order valence-corrected chi connectivity index (χ1v) is 10.7. The summed E-state index contributed by atoms with van der Waals surface area (Å²) < 4.78 is 14.8. The summed E-state index contributed by atoms with van der Waals surface area (Å²) in [6, 6.07) is 6.35. The number of anilines is 1. The molecule has 0 unspecified atom stereocenters. The molecule has 0 saturated carbocycles. The van der Waals surface area contributed by atoms with Gasteiger partial charge in [0.2, 0.25) is 11.4 Å². The molecule has 166 valence electrons. The van der Waals surface area contributed by atoms with Crippen molar-refractivity contribution >= 4 is 40.2 Å². The van der Waals surface area contributed by atoms with Gasteiger partial charge in [-0.05, 0) is 24.6 Å². The lowest BCUT2D eigenvalue weighted by atomic mass is 10.1. The van der Waals surface area contributed by atoms with Gasteiger partial charge >= 0.3 is 5.97 Å². The first kappa shape index (κ1) is 21.8. The van der Waals surface area contributed by atoms with Gasteiger partial charge in [-0.15, -0.1) is 0 Å². The van der Waals surface area contributed by atoms with Crippen molar-refractivity contribution in [2.45, 2.75) is 19.9 Å². The summed E-state index contributed by atoms with van der Waals surface area (Å²) in [5.41, 5.74) is 0.510. The minimum atomic E-state index is -1.27. The number of pyridine rings is 1. The summed E-state index contributed by atoms with van der Waals surface area (Å²) in [5.74, 6) is -1.04. The number of rotatable bonds is 5. The number of aryl methyl sites for hydroxylation is 1. The van der Waals surface area contributed by atoms with Gasteiger partial charge in [0.05, 0.1) is 10.4 Å². The molecule has 8 nitrogen and oxygen atoms in total. The zero-order valence-electron chi connectivity index (χ0n) is 17.5. The minimum absolute atomic E-state index is 0.189. The number of benzene rings is 1. The van der Waals surface area contributed by atoms with Gasteiger partial charge in [0.15, 0.2) is 0 Å². The van der Waals surface area contributed by atoms with E-state index in [0.717, 1.165) is 10.6 Å². The van der Waals surface area contributed by atoms with Crippen molar-refractivity contribution in [1.82, 2.24) is 19.4 Å². The standard InChI is InChI=1S/C22H22FN5O3S/c1-2-26-13-17(21(30)31)19(29)16-12-24-22(25-20(16)26)28-9-7-27(8-10-28)18(32)11-14-3-5-15(23)6-4-14/h3-6,12-13H,2,7-11H2,1H3,(H,30,31). The largest absolute Gasteiger partial charge is 0.477 e. The molecule has 0 spiro atoms. The van der Waals surface area contributed by atoms with E-state index in [1.807, 2.05) is 11.8 Å². The zero-order valence-corrected chi connectivity index (χ0v) is 18.3. The molecule has 0 atom stereocenters. The van der Waals surface area contributed by atoms with E-state index in [2.05, 4.69) is 14.9 Å². The summed E-state index contributed by atoms with van der Waals surface area (Å²) in [6.07, 6.45) is 3.32. The highest BCUT2D eigenvalue weighted by atomic mass is 32.1. The first-order valence-electron chi connectivity index (χ1n) is 10.3. The van der Waals surface area contributed by atoms with E-state index in [1.54, 1.807) is 16.7 Å². The van der Waals surface area contributed by atoms with Crippen LogP contribution in [0, 0.1) is 5.82 Å². The highest BCUT2D eigenvalue weighted by molar-refractivity contribution is 7.80. The summed E-state index contributed by atoms with van der Waals surface area (Å²) in [6.45, 7) is 5.02. The number of hydrogen-bond acceptors (Lipinski definition) is 6. The average Bonchev–Trinajstić information content (AvgIpc) is 2.80. The van der Waals surface area contributed by atoms with Crippen LogP contribution in [0.4, 0.5) is 10.3 Å². The Balaban J connectivity index is 1.49. The lowest BCUT2D eigenvalue weighted by molar-refractivity contribution is 0.0695. The Bertz CT molecular complexity index is 1240. The number of thiocarbonyl (C=S) groups is 1. The number of fused-ring (bicyclic) bond motifs is 1. The van der Waals surface area contributed by atoms with Crippen molar-refractivity contribution in [3.8, 4) is 0 Å². The Hall–Kier alpha value is -3.40. The van der Waals surface area contributed by atoms with Crippen molar-refractivity contribution in [2.24, 2.45) is 0 Å². The van der Waals surface area contributed by atoms with Crippen molar-refractivity contribution in [2.75, 3.05) is 31.1 Å². The number of hydrogen-bond donors (Lipinski definition) is 1. The van der Waals surface area contributed by atoms with E-state index in [-0.39, 0.29) is 16.8 Å². The van der Waals surface area contributed by atoms with Crippen LogP contribution in [0.1, 0.15) is 22.8 Å². The Morgan fingerprint density at radius 2 is 1.88 bits per heavy atom. The van der Waals surface area contributed by atoms with Crippen LogP contribution in [0.25, 0.3) is 11.0 Å². The van der Waals surface area contributed by atoms with Crippen molar-refractivity contribution < 1.29 is 14.3 Å². The third-order valence-electron chi connectivity index (χ3n) is 5.56. The molecule has 10 heteroatoms. The lowest BCUT2D eigenvalue weighted by Gasteiger charge is -2.36. The van der Waals surface area contributed by atoms with E-state index in [9.17, 15) is 19.1 Å². The van der Waals surface area contributed by atoms with Gasteiger partial charge in [-0.25, -0.2) is 14.2 Å². The molecule has 0 amide bonds. The molecule has 1 fully saturated rings. The number of carboxylic acids is 1. The van der Waals surface area contributed by atoms with Crippen molar-refractivity contribution in [1.29, 1.82) is 0 Å². The summed E-state index contributed by atoms with van der Waals surface area (Å²) in [5, 5.41) is 9.47. The molecule has 0 aliphatic carbocycles. The third kappa shape index (κ3) is 4.31. The minimum Gasteiger partial charge on any atom is -0.477 e. The van der Waals surface area contributed by atoms with Crippen LogP contribution in [0.3, 0.4) is 0 Å². The van der Waals surface area contributed by atoms with Gasteiger partial charge in [-0.3, -0.25) is 4.79 Å². The predicted octanol–water partition coefficient (Wildman–Crippen LogP) is 2.34. The van der Waals surface area contributed by atoms with E-state index in [0.29, 0.717) is 50.7 Å². The van der Waals surface area contributed by atoms with Crippen LogP contribution < -0.4 is 10.3 Å². The average molecular weight is 456 g/mol. The summed E-state index contributed by atoms with van der Waals surface area (Å²) in [7, 11) is 0. The van der Waals surface area contributed by atoms with E-state index in [1.165, 1.54) is 24.5 Å². The number of nitrogens with zero attached hydrogens (tertiary/aromatic N) is 5. The molecule has 0 bridgehead atoms. The molecule has 1 aliphatic rings. The second-order valence-electron chi connectivity index (χ2n) is 7.54. The zero-order chi connectivity index (χ0) is 22.8. The molecule has 1 aliphatic heterocycles. The highest BCUT2D eigenvalue weighted by Gasteiger charge is 2.22. The third-order valence-corrected chi connectivity index (χ3v) is 5.96. The molecule has 1 saturated heterocycles. The molecule has 1 N–H and O–H groups in total. The Labute approximate surface area is 188 Å². The van der Waals surface area contributed by atoms with Gasteiger partial charge < -0.3 is 19.5 Å². The molecule has 0 radical (unpaired) electrons. The Morgan fingerprint density at radius 1 is 1.19 bits per heavy atom. The van der Waals surface area contributed by atoms with Gasteiger partial charge in [-0.2, -0.15) is 4.98 Å². The summed E-state index contributed by atoms with van der Waals surface area (Å²) >= 11 is 5.58. The molecular formula is C22H22FN5O3S. The lowest BCUT2D eigenvalue weighted by Crippen LogP contribution is -2.49. The van der Waals surface area contributed by atoms with Crippen molar-refractivity contribution in [3.63, 3.8) is 0 Å². The molecular weight excluding hydrogens is 433 g/mol. The number of carbonyl (C=O) groups is 1. The second-order valence-corrected chi connectivity index (χ2v) is 8.01. The molecule has 1 aromatic carbocycles. The highest BCUT2D eigenvalue weighted by Crippen LogP contribution is 2.17. The number of aromatic carboxylic acids is 1. The van der Waals surface area contributed by atoms with E-state index >= 15 is 0 Å². The van der Waals surface area contributed by atoms with Crippen LogP contribution in [0.5, 0.6) is 0 Å². The maximum atomic E-state index is 13.1. The van der Waals surface area contributed by atoms with Gasteiger partial charge in [-0.1, -0.05) is 24.4 Å². The maximum absolute atomic E-state index is 13.1. The first-order chi connectivity index (χ1) is 15.4. The fourth-order valence-corrected chi connectivity index (χ4v) is 4.10. The van der Waals surface area contributed by atoms with Crippen LogP contribution in [-0.2, 0) is 13.0 Å². The van der Waals surface area contributed by atoms with E-state index in [4.69, 9.17) is 12.2 Å². The molecule has 3 heterocycles. The number of carboxylic acid groups (broad SMARTS) is 1. The quantitative estimate of drug-likeness (QED) is 0.587. The fraction of sp³-hybridized carbons (Fsp3) is 0.318. The van der Waals surface area contributed by atoms with Crippen LogP contribution in [-0.4, -0.2) is 61.7 Å². The molecule has 2 aromatic heterocycles. The molecule has 32 heavy (non-hydrogen) atoms. The monoisotopic (exact) mass is 455 g/mol. The Morgan fingerprint density at radius 3 is 2.50 bits per heavy atom. The maximum Gasteiger partial charge on any atom is 0.341 e. The second kappa shape index (κ2) is 8.99. The normalized spacial score (nSPS) is 14.1. The number of piperazine rings is 1. The van der Waals surface area contributed by atoms with Gasteiger partial charge in [0, 0.05) is 51.5 Å². The van der Waals surface area contributed by atoms with Gasteiger partial charge in [0.1, 0.15) is 17.0 Å². The number of halogens is 1. The van der Waals surface area contributed by atoms with Crippen LogP contribution >= 0.6 is 12.2 Å². The van der Waals surface area contributed by atoms with Crippen molar-refractivity contribution in [3.05, 3.63) is 63.8 Å². The topological polar surface area (TPSA) is 91.6 Å². The predicted molar refractivity (Wildman–Crippen MR) is 123 cm³/mol. The van der Waals surface area contributed by atoms with Crippen LogP contribution in [0.2, 0.25) is 0 Å². The smallest absolute Gasteiger partial charge is 0.341 e.